The van der Waals surface area contributed by atoms with E-state index in [1.165, 1.54) is 0 Å². The molecule has 1 saturated heterocycles. The van der Waals surface area contributed by atoms with Crippen molar-refractivity contribution in [1.82, 2.24) is 10.3 Å². The summed E-state index contributed by atoms with van der Waals surface area (Å²) in [6.07, 6.45) is 1.67. The molecule has 5 nitrogen and oxygen atoms in total. The molecule has 2 amide bonds. The molecule has 0 bridgehead atoms. The third kappa shape index (κ3) is 3.43. The molecule has 1 aromatic heterocycles. The molecule has 2 rings (SSSR count). The zero-order valence-electron chi connectivity index (χ0n) is 10.8. The van der Waals surface area contributed by atoms with Crippen LogP contribution in [-0.4, -0.2) is 29.8 Å². The zero-order valence-corrected chi connectivity index (χ0v) is 10.8. The topological polar surface area (TPSA) is 63.2 Å². The Kier molecular flexibility index (Phi) is 3.81. The smallest absolute Gasteiger partial charge is 0.320 e. The fourth-order valence-electron chi connectivity index (χ4n) is 1.98. The summed E-state index contributed by atoms with van der Waals surface area (Å²) in [6.45, 7) is 5.32. The van der Waals surface area contributed by atoms with Crippen molar-refractivity contribution in [1.29, 1.82) is 0 Å². The molecule has 5 heteroatoms. The fourth-order valence-corrected chi connectivity index (χ4v) is 1.98. The minimum absolute atomic E-state index is 0.188. The molecule has 1 aliphatic heterocycles. The number of ether oxygens (including phenoxy) is 1. The Labute approximate surface area is 107 Å². The van der Waals surface area contributed by atoms with E-state index in [1.54, 1.807) is 6.07 Å². The number of nitrogens with one attached hydrogen (secondary N) is 2. The number of pyridine rings is 1. The van der Waals surface area contributed by atoms with Gasteiger partial charge in [-0.25, -0.2) is 9.78 Å². The van der Waals surface area contributed by atoms with Crippen LogP contribution in [0.1, 0.15) is 25.5 Å². The van der Waals surface area contributed by atoms with E-state index in [4.69, 9.17) is 4.74 Å². The van der Waals surface area contributed by atoms with Gasteiger partial charge in [0, 0.05) is 24.4 Å². The van der Waals surface area contributed by atoms with Gasteiger partial charge in [0.05, 0.1) is 0 Å². The second-order valence-corrected chi connectivity index (χ2v) is 4.92. The molecule has 1 aromatic rings. The molecule has 18 heavy (non-hydrogen) atoms. The number of anilines is 1. The molecule has 0 unspecified atom stereocenters. The maximum absolute atomic E-state index is 11.9. The van der Waals surface area contributed by atoms with Gasteiger partial charge in [-0.15, -0.1) is 0 Å². The van der Waals surface area contributed by atoms with Crippen LogP contribution < -0.4 is 10.6 Å². The first-order valence-corrected chi connectivity index (χ1v) is 6.18. The van der Waals surface area contributed by atoms with Crippen molar-refractivity contribution in [3.05, 3.63) is 23.9 Å². The molecule has 0 saturated carbocycles. The molecule has 98 valence electrons. The second-order valence-electron chi connectivity index (χ2n) is 4.92. The molecule has 0 atom stereocenters. The predicted molar refractivity (Wildman–Crippen MR) is 69.6 cm³/mol. The Hall–Kier alpha value is -1.62. The molecule has 0 radical (unpaired) electrons. The molecule has 0 aliphatic carbocycles. The number of hydrogen-bond acceptors (Lipinski definition) is 3. The standard InChI is InChI=1S/C13H19N3O2/c1-10-4-3-5-11(14-10)15-12(17)16-13(2)6-8-18-9-7-13/h3-5H,6-9H2,1-2H3,(H2,14,15,16,17). The predicted octanol–water partition coefficient (Wildman–Crippen LogP) is 2.08. The summed E-state index contributed by atoms with van der Waals surface area (Å²) < 4.78 is 5.30. The first-order chi connectivity index (χ1) is 8.57. The molecule has 0 aromatic carbocycles. The summed E-state index contributed by atoms with van der Waals surface area (Å²) in [5, 5.41) is 5.75. The normalized spacial score (nSPS) is 18.1. The molecule has 2 heterocycles. The number of rotatable bonds is 2. The number of amides is 2. The van der Waals surface area contributed by atoms with Crippen LogP contribution in [0.15, 0.2) is 18.2 Å². The third-order valence-electron chi connectivity index (χ3n) is 3.14. The number of carbonyl (C=O) groups excluding carboxylic acids is 1. The zero-order chi connectivity index (χ0) is 13.0. The van der Waals surface area contributed by atoms with Crippen molar-refractivity contribution in [2.24, 2.45) is 0 Å². The number of aryl methyl sites for hydroxylation is 1. The van der Waals surface area contributed by atoms with Crippen LogP contribution in [0.5, 0.6) is 0 Å². The van der Waals surface area contributed by atoms with Crippen molar-refractivity contribution in [2.75, 3.05) is 18.5 Å². The molecular formula is C13H19N3O2. The summed E-state index contributed by atoms with van der Waals surface area (Å²) >= 11 is 0. The maximum Gasteiger partial charge on any atom is 0.320 e. The number of hydrogen-bond donors (Lipinski definition) is 2. The van der Waals surface area contributed by atoms with Crippen LogP contribution in [-0.2, 0) is 4.74 Å². The van der Waals surface area contributed by atoms with Gasteiger partial charge in [0.1, 0.15) is 5.82 Å². The molecule has 2 N–H and O–H groups in total. The van der Waals surface area contributed by atoms with E-state index < -0.39 is 0 Å². The van der Waals surface area contributed by atoms with E-state index in [0.29, 0.717) is 19.0 Å². The van der Waals surface area contributed by atoms with Crippen LogP contribution in [0.4, 0.5) is 10.6 Å². The van der Waals surface area contributed by atoms with Gasteiger partial charge < -0.3 is 10.1 Å². The number of carbonyl (C=O) groups is 1. The molecule has 0 spiro atoms. The van der Waals surface area contributed by atoms with Gasteiger partial charge in [0.25, 0.3) is 0 Å². The lowest BCUT2D eigenvalue weighted by molar-refractivity contribution is 0.0499. The lowest BCUT2D eigenvalue weighted by atomic mass is 9.93. The van der Waals surface area contributed by atoms with Gasteiger partial charge >= 0.3 is 6.03 Å². The van der Waals surface area contributed by atoms with Gasteiger partial charge in [-0.2, -0.15) is 0 Å². The number of nitrogens with zero attached hydrogens (tertiary/aromatic N) is 1. The highest BCUT2D eigenvalue weighted by atomic mass is 16.5. The second kappa shape index (κ2) is 5.35. The summed E-state index contributed by atoms with van der Waals surface area (Å²) in [4.78, 5) is 16.1. The van der Waals surface area contributed by atoms with Crippen LogP contribution in [0.3, 0.4) is 0 Å². The summed E-state index contributed by atoms with van der Waals surface area (Å²) in [5.74, 6) is 0.572. The Bertz CT molecular complexity index is 428. The molecule has 1 aliphatic rings. The average Bonchev–Trinajstić information content (AvgIpc) is 2.28. The fraction of sp³-hybridized carbons (Fsp3) is 0.538. The first kappa shape index (κ1) is 12.8. The van der Waals surface area contributed by atoms with Gasteiger partial charge in [-0.3, -0.25) is 5.32 Å². The minimum Gasteiger partial charge on any atom is -0.381 e. The van der Waals surface area contributed by atoms with Crippen molar-refractivity contribution >= 4 is 11.8 Å². The first-order valence-electron chi connectivity index (χ1n) is 6.18. The Morgan fingerprint density at radius 1 is 1.39 bits per heavy atom. The van der Waals surface area contributed by atoms with E-state index in [0.717, 1.165) is 18.5 Å². The Morgan fingerprint density at radius 2 is 2.11 bits per heavy atom. The van der Waals surface area contributed by atoms with Gasteiger partial charge in [-0.05, 0) is 38.8 Å². The van der Waals surface area contributed by atoms with Crippen molar-refractivity contribution in [2.45, 2.75) is 32.2 Å². The Morgan fingerprint density at radius 3 is 2.78 bits per heavy atom. The summed E-state index contributed by atoms with van der Waals surface area (Å²) in [7, 11) is 0. The van der Waals surface area contributed by atoms with Gasteiger partial charge in [0.2, 0.25) is 0 Å². The average molecular weight is 249 g/mol. The lowest BCUT2D eigenvalue weighted by Crippen LogP contribution is -2.51. The highest BCUT2D eigenvalue weighted by Gasteiger charge is 2.28. The monoisotopic (exact) mass is 249 g/mol. The van der Waals surface area contributed by atoms with Crippen molar-refractivity contribution < 1.29 is 9.53 Å². The summed E-state index contributed by atoms with van der Waals surface area (Å²) in [5.41, 5.74) is 0.691. The maximum atomic E-state index is 11.9. The van der Waals surface area contributed by atoms with Crippen LogP contribution in [0.2, 0.25) is 0 Å². The van der Waals surface area contributed by atoms with Gasteiger partial charge in [0.15, 0.2) is 0 Å². The lowest BCUT2D eigenvalue weighted by Gasteiger charge is -2.34. The Balaban J connectivity index is 1.92. The van der Waals surface area contributed by atoms with Crippen molar-refractivity contribution in [3.63, 3.8) is 0 Å². The van der Waals surface area contributed by atoms with E-state index in [-0.39, 0.29) is 11.6 Å². The quantitative estimate of drug-likeness (QED) is 0.843. The highest BCUT2D eigenvalue weighted by molar-refractivity contribution is 5.88. The third-order valence-corrected chi connectivity index (χ3v) is 3.14. The van der Waals surface area contributed by atoms with E-state index in [9.17, 15) is 4.79 Å². The van der Waals surface area contributed by atoms with Crippen LogP contribution in [0, 0.1) is 6.92 Å². The van der Waals surface area contributed by atoms with Crippen molar-refractivity contribution in [3.8, 4) is 0 Å². The molecular weight excluding hydrogens is 230 g/mol. The summed E-state index contributed by atoms with van der Waals surface area (Å²) in [6, 6.07) is 5.33. The van der Waals surface area contributed by atoms with E-state index in [1.807, 2.05) is 26.0 Å². The minimum atomic E-state index is -0.211. The molecule has 1 fully saturated rings. The number of aromatic nitrogens is 1. The highest BCUT2D eigenvalue weighted by Crippen LogP contribution is 2.19. The van der Waals surface area contributed by atoms with E-state index >= 15 is 0 Å². The van der Waals surface area contributed by atoms with E-state index in [2.05, 4.69) is 15.6 Å². The van der Waals surface area contributed by atoms with Crippen LogP contribution >= 0.6 is 0 Å². The largest absolute Gasteiger partial charge is 0.381 e. The number of urea groups is 1. The van der Waals surface area contributed by atoms with Crippen LogP contribution in [0.25, 0.3) is 0 Å². The SMILES string of the molecule is Cc1cccc(NC(=O)NC2(C)CCOCC2)n1. The van der Waals surface area contributed by atoms with Gasteiger partial charge in [-0.1, -0.05) is 6.07 Å².